The molecule has 0 radical (unpaired) electrons. The Morgan fingerprint density at radius 2 is 1.58 bits per heavy atom. The molecule has 1 aromatic rings. The summed E-state index contributed by atoms with van der Waals surface area (Å²) in [5, 5.41) is 1.75. The summed E-state index contributed by atoms with van der Waals surface area (Å²) in [6, 6.07) is 7.45. The SMILES string of the molecule is COP(OC)c1ccc(Cl)cc1. The van der Waals surface area contributed by atoms with E-state index in [0.717, 1.165) is 10.3 Å². The van der Waals surface area contributed by atoms with Crippen LogP contribution < -0.4 is 5.30 Å². The van der Waals surface area contributed by atoms with Crippen LogP contribution in [0.3, 0.4) is 0 Å². The number of benzene rings is 1. The smallest absolute Gasteiger partial charge is 0.204 e. The van der Waals surface area contributed by atoms with Crippen LogP contribution in [0.2, 0.25) is 5.02 Å². The highest BCUT2D eigenvalue weighted by atomic mass is 35.5. The lowest BCUT2D eigenvalue weighted by Crippen LogP contribution is -2.01. The standard InChI is InChI=1S/C8H10ClO2P/c1-10-12(11-2)8-5-3-7(9)4-6-8/h3-6H,1-2H3. The molecule has 1 rings (SSSR count). The minimum atomic E-state index is -0.922. The molecule has 0 heterocycles. The summed E-state index contributed by atoms with van der Waals surface area (Å²) < 4.78 is 10.2. The van der Waals surface area contributed by atoms with E-state index in [2.05, 4.69) is 0 Å². The van der Waals surface area contributed by atoms with Gasteiger partial charge in [-0.25, -0.2) is 0 Å². The Kier molecular flexibility index (Phi) is 3.96. The third-order valence-corrected chi connectivity index (χ3v) is 3.00. The topological polar surface area (TPSA) is 18.5 Å². The average Bonchev–Trinajstić information content (AvgIpc) is 2.10. The van der Waals surface area contributed by atoms with Gasteiger partial charge in [0.25, 0.3) is 0 Å². The maximum absolute atomic E-state index is 5.73. The van der Waals surface area contributed by atoms with Crippen LogP contribution >= 0.6 is 20.0 Å². The molecule has 0 aromatic heterocycles. The van der Waals surface area contributed by atoms with Gasteiger partial charge in [0.05, 0.1) is 0 Å². The molecule has 0 spiro atoms. The monoisotopic (exact) mass is 204 g/mol. The molecule has 0 aliphatic heterocycles. The quantitative estimate of drug-likeness (QED) is 0.705. The molecule has 1 aromatic carbocycles. The van der Waals surface area contributed by atoms with Crippen molar-refractivity contribution in [3.63, 3.8) is 0 Å². The molecule has 0 fully saturated rings. The van der Waals surface area contributed by atoms with E-state index in [9.17, 15) is 0 Å². The summed E-state index contributed by atoms with van der Waals surface area (Å²) >= 11 is 5.73. The molecule has 0 N–H and O–H groups in total. The molecular weight excluding hydrogens is 195 g/mol. The normalized spacial score (nSPS) is 10.7. The number of rotatable bonds is 3. The Hall–Kier alpha value is -0.140. The minimum Gasteiger partial charge on any atom is -0.334 e. The van der Waals surface area contributed by atoms with Gasteiger partial charge in [0, 0.05) is 24.5 Å². The maximum Gasteiger partial charge on any atom is 0.204 e. The van der Waals surface area contributed by atoms with Gasteiger partial charge in [-0.1, -0.05) is 11.6 Å². The Balaban J connectivity index is 2.80. The van der Waals surface area contributed by atoms with Gasteiger partial charge in [0.1, 0.15) is 0 Å². The lowest BCUT2D eigenvalue weighted by Gasteiger charge is -2.11. The summed E-state index contributed by atoms with van der Waals surface area (Å²) in [5.41, 5.74) is 0. The molecular formula is C8H10ClO2P. The second-order valence-corrected chi connectivity index (χ2v) is 4.30. The molecule has 0 saturated heterocycles. The summed E-state index contributed by atoms with van der Waals surface area (Å²) in [6.07, 6.45) is 0. The third kappa shape index (κ3) is 2.43. The van der Waals surface area contributed by atoms with Crippen molar-refractivity contribution in [3.8, 4) is 0 Å². The van der Waals surface area contributed by atoms with Gasteiger partial charge in [-0.15, -0.1) is 0 Å². The van der Waals surface area contributed by atoms with Gasteiger partial charge in [-0.05, 0) is 24.3 Å². The van der Waals surface area contributed by atoms with Crippen molar-refractivity contribution in [2.24, 2.45) is 0 Å². The first-order valence-electron chi connectivity index (χ1n) is 3.42. The molecule has 4 heteroatoms. The second-order valence-electron chi connectivity index (χ2n) is 2.10. The molecule has 0 unspecified atom stereocenters. The van der Waals surface area contributed by atoms with Gasteiger partial charge < -0.3 is 9.05 Å². The van der Waals surface area contributed by atoms with Crippen molar-refractivity contribution in [1.82, 2.24) is 0 Å². The highest BCUT2D eigenvalue weighted by Gasteiger charge is 2.08. The van der Waals surface area contributed by atoms with E-state index in [0.29, 0.717) is 0 Å². The van der Waals surface area contributed by atoms with Crippen molar-refractivity contribution in [2.45, 2.75) is 0 Å². The van der Waals surface area contributed by atoms with Gasteiger partial charge >= 0.3 is 0 Å². The van der Waals surface area contributed by atoms with E-state index in [4.69, 9.17) is 20.6 Å². The number of hydrogen-bond acceptors (Lipinski definition) is 2. The Labute approximate surface area is 78.4 Å². The van der Waals surface area contributed by atoms with Crippen molar-refractivity contribution in [2.75, 3.05) is 14.2 Å². The zero-order valence-corrected chi connectivity index (χ0v) is 8.60. The van der Waals surface area contributed by atoms with Crippen LogP contribution in [0.25, 0.3) is 0 Å². The summed E-state index contributed by atoms with van der Waals surface area (Å²) in [4.78, 5) is 0. The van der Waals surface area contributed by atoms with E-state index < -0.39 is 8.38 Å². The Morgan fingerprint density at radius 3 is 2.00 bits per heavy atom. The predicted molar refractivity (Wildman–Crippen MR) is 52.0 cm³/mol. The fraction of sp³-hybridized carbons (Fsp3) is 0.250. The van der Waals surface area contributed by atoms with Crippen molar-refractivity contribution in [3.05, 3.63) is 29.3 Å². The predicted octanol–water partition coefficient (Wildman–Crippen LogP) is 2.57. The lowest BCUT2D eigenvalue weighted by molar-refractivity contribution is 0.350. The van der Waals surface area contributed by atoms with Crippen molar-refractivity contribution < 1.29 is 9.05 Å². The molecule has 0 amide bonds. The number of halogens is 1. The van der Waals surface area contributed by atoms with E-state index in [1.165, 1.54) is 0 Å². The first-order valence-corrected chi connectivity index (χ1v) is 4.97. The summed E-state index contributed by atoms with van der Waals surface area (Å²) in [7, 11) is 2.34. The van der Waals surface area contributed by atoms with Crippen LogP contribution in [0.1, 0.15) is 0 Å². The fourth-order valence-corrected chi connectivity index (χ4v) is 1.94. The molecule has 0 saturated carbocycles. The average molecular weight is 205 g/mol. The van der Waals surface area contributed by atoms with Crippen LogP contribution in [0.15, 0.2) is 24.3 Å². The van der Waals surface area contributed by atoms with E-state index in [1.807, 2.05) is 24.3 Å². The minimum absolute atomic E-state index is 0.723. The Bertz CT molecular complexity index is 233. The second kappa shape index (κ2) is 4.78. The zero-order chi connectivity index (χ0) is 8.97. The van der Waals surface area contributed by atoms with Crippen LogP contribution in [-0.2, 0) is 9.05 Å². The van der Waals surface area contributed by atoms with Gasteiger partial charge in [0.2, 0.25) is 8.38 Å². The van der Waals surface area contributed by atoms with E-state index in [1.54, 1.807) is 14.2 Å². The number of hydrogen-bond donors (Lipinski definition) is 0. The lowest BCUT2D eigenvalue weighted by atomic mass is 10.4. The highest BCUT2D eigenvalue weighted by Crippen LogP contribution is 2.34. The van der Waals surface area contributed by atoms with Gasteiger partial charge in [-0.2, -0.15) is 0 Å². The van der Waals surface area contributed by atoms with Crippen molar-refractivity contribution >= 4 is 25.3 Å². The maximum atomic E-state index is 5.73. The van der Waals surface area contributed by atoms with Crippen LogP contribution in [0.5, 0.6) is 0 Å². The highest BCUT2D eigenvalue weighted by molar-refractivity contribution is 7.55. The summed E-state index contributed by atoms with van der Waals surface area (Å²) in [5.74, 6) is 0. The zero-order valence-electron chi connectivity index (χ0n) is 6.95. The molecule has 0 bridgehead atoms. The summed E-state index contributed by atoms with van der Waals surface area (Å²) in [6.45, 7) is 0. The van der Waals surface area contributed by atoms with Crippen LogP contribution in [-0.4, -0.2) is 14.2 Å². The van der Waals surface area contributed by atoms with Crippen LogP contribution in [0, 0.1) is 0 Å². The van der Waals surface area contributed by atoms with Crippen LogP contribution in [0.4, 0.5) is 0 Å². The first-order chi connectivity index (χ1) is 5.77. The van der Waals surface area contributed by atoms with E-state index in [-0.39, 0.29) is 0 Å². The van der Waals surface area contributed by atoms with E-state index >= 15 is 0 Å². The molecule has 0 aliphatic rings. The van der Waals surface area contributed by atoms with Crippen molar-refractivity contribution in [1.29, 1.82) is 0 Å². The molecule has 0 atom stereocenters. The molecule has 12 heavy (non-hydrogen) atoms. The molecule has 66 valence electrons. The third-order valence-electron chi connectivity index (χ3n) is 1.37. The van der Waals surface area contributed by atoms with Gasteiger partial charge in [0.15, 0.2) is 0 Å². The first kappa shape index (κ1) is 9.94. The fourth-order valence-electron chi connectivity index (χ4n) is 0.848. The Morgan fingerprint density at radius 1 is 1.08 bits per heavy atom. The molecule has 2 nitrogen and oxygen atoms in total. The largest absolute Gasteiger partial charge is 0.334 e. The van der Waals surface area contributed by atoms with Gasteiger partial charge in [-0.3, -0.25) is 0 Å². The molecule has 0 aliphatic carbocycles.